The van der Waals surface area contributed by atoms with Crippen molar-refractivity contribution in [3.8, 4) is 11.1 Å². The topological polar surface area (TPSA) is 6.48 Å². The summed E-state index contributed by atoms with van der Waals surface area (Å²) in [5, 5.41) is 0. The zero-order chi connectivity index (χ0) is 47.2. The summed E-state index contributed by atoms with van der Waals surface area (Å²) in [5.74, 6) is 0.444. The molecule has 2 nitrogen and oxygen atoms in total. The van der Waals surface area contributed by atoms with Crippen molar-refractivity contribution in [2.24, 2.45) is 0 Å². The number of hydrogen-bond donors (Lipinski definition) is 0. The maximum atomic E-state index is 3.52. The number of nitrogens with zero attached hydrogens (tertiary/aromatic N) is 2. The fourth-order valence-electron chi connectivity index (χ4n) is 9.13. The summed E-state index contributed by atoms with van der Waals surface area (Å²) in [6, 6.07) is 68.4. The SMILES string of the molecule is C1=CCCC=C1.CC(C)c1ccc(/C(=C(\c2ccccc2)c2ccc(-c3ccc(N(C)c4ccccc4)cc3)cc2)c2ccc(C3=CC=C(N(c4ccccc4)C4C=CC=CC4)C=C=C3)cc2)cc1. The van der Waals surface area contributed by atoms with Gasteiger partial charge in [-0.2, -0.15) is 0 Å². The van der Waals surface area contributed by atoms with E-state index in [0.29, 0.717) is 5.92 Å². The van der Waals surface area contributed by atoms with E-state index in [0.717, 1.165) is 40.2 Å². The largest absolute Gasteiger partial charge is 0.345 e. The molecule has 69 heavy (non-hydrogen) atoms. The smallest absolute Gasteiger partial charge is 0.0560 e. The predicted octanol–water partition coefficient (Wildman–Crippen LogP) is 17.5. The van der Waals surface area contributed by atoms with Gasteiger partial charge in [-0.1, -0.05) is 220 Å². The Hall–Kier alpha value is -8.16. The summed E-state index contributed by atoms with van der Waals surface area (Å²) in [7, 11) is 2.11. The third-order valence-corrected chi connectivity index (χ3v) is 13.0. The Bertz CT molecular complexity index is 3070. The zero-order valence-corrected chi connectivity index (χ0v) is 40.0. The first-order valence-electron chi connectivity index (χ1n) is 24.3. The summed E-state index contributed by atoms with van der Waals surface area (Å²) in [5.41, 5.74) is 21.2. The van der Waals surface area contributed by atoms with Crippen LogP contribution in [-0.2, 0) is 0 Å². The Labute approximate surface area is 410 Å². The van der Waals surface area contributed by atoms with Gasteiger partial charge in [0.2, 0.25) is 0 Å². The highest BCUT2D eigenvalue weighted by Crippen LogP contribution is 2.39. The van der Waals surface area contributed by atoms with Crippen molar-refractivity contribution >= 4 is 33.8 Å². The number of anilines is 3. The van der Waals surface area contributed by atoms with Gasteiger partial charge in [0.15, 0.2) is 0 Å². The molecular weight excluding hydrogens is 833 g/mol. The van der Waals surface area contributed by atoms with Gasteiger partial charge in [-0.25, -0.2) is 0 Å². The molecule has 7 aromatic carbocycles. The molecule has 0 spiro atoms. The third-order valence-electron chi connectivity index (χ3n) is 13.0. The fourth-order valence-corrected chi connectivity index (χ4v) is 9.13. The minimum atomic E-state index is 0.227. The molecule has 0 bridgehead atoms. The van der Waals surface area contributed by atoms with Gasteiger partial charge >= 0.3 is 0 Å². The molecule has 0 saturated heterocycles. The lowest BCUT2D eigenvalue weighted by Crippen LogP contribution is -2.32. The van der Waals surface area contributed by atoms with Gasteiger partial charge in [0.05, 0.1) is 6.04 Å². The van der Waals surface area contributed by atoms with Crippen molar-refractivity contribution in [3.05, 3.63) is 306 Å². The number of benzene rings is 7. The van der Waals surface area contributed by atoms with Crippen LogP contribution in [-0.4, -0.2) is 13.1 Å². The average molecular weight is 893 g/mol. The van der Waals surface area contributed by atoms with Crippen LogP contribution in [0.15, 0.2) is 272 Å². The van der Waals surface area contributed by atoms with Crippen LogP contribution in [0, 0.1) is 0 Å². The minimum absolute atomic E-state index is 0.227. The van der Waals surface area contributed by atoms with E-state index in [1.54, 1.807) is 0 Å². The van der Waals surface area contributed by atoms with E-state index in [-0.39, 0.29) is 6.04 Å². The molecule has 7 aromatic rings. The van der Waals surface area contributed by atoms with Crippen LogP contribution in [0.3, 0.4) is 0 Å². The Kier molecular flexibility index (Phi) is 15.0. The van der Waals surface area contributed by atoms with Gasteiger partial charge < -0.3 is 9.80 Å². The van der Waals surface area contributed by atoms with Crippen LogP contribution < -0.4 is 9.80 Å². The van der Waals surface area contributed by atoms with E-state index in [1.807, 2.05) is 0 Å². The lowest BCUT2D eigenvalue weighted by molar-refractivity contribution is 0.763. The molecule has 338 valence electrons. The Morgan fingerprint density at radius 3 is 1.46 bits per heavy atom. The van der Waals surface area contributed by atoms with Crippen molar-refractivity contribution in [2.45, 2.75) is 45.1 Å². The van der Waals surface area contributed by atoms with E-state index in [4.69, 9.17) is 0 Å². The van der Waals surface area contributed by atoms with Crippen LogP contribution in [0.5, 0.6) is 0 Å². The molecule has 3 aliphatic rings. The van der Waals surface area contributed by atoms with Crippen LogP contribution in [0.1, 0.15) is 72.4 Å². The number of rotatable bonds is 12. The maximum absolute atomic E-state index is 3.52. The summed E-state index contributed by atoms with van der Waals surface area (Å²) in [6.45, 7) is 4.51. The van der Waals surface area contributed by atoms with Crippen molar-refractivity contribution in [1.82, 2.24) is 0 Å². The number of para-hydroxylation sites is 2. The molecule has 0 heterocycles. The van der Waals surface area contributed by atoms with Crippen LogP contribution in [0.4, 0.5) is 17.1 Å². The summed E-state index contributed by atoms with van der Waals surface area (Å²) >= 11 is 0. The normalized spacial score (nSPS) is 15.1. The highest BCUT2D eigenvalue weighted by atomic mass is 15.2. The van der Waals surface area contributed by atoms with E-state index in [2.05, 4.69) is 297 Å². The van der Waals surface area contributed by atoms with Crippen molar-refractivity contribution < 1.29 is 0 Å². The Morgan fingerprint density at radius 2 is 0.942 bits per heavy atom. The molecule has 10 rings (SSSR count). The zero-order valence-electron chi connectivity index (χ0n) is 40.0. The molecule has 0 radical (unpaired) electrons. The maximum Gasteiger partial charge on any atom is 0.0560 e. The Balaban J connectivity index is 0.000000918. The lowest BCUT2D eigenvalue weighted by atomic mass is 9.84. The molecule has 0 N–H and O–H groups in total. The van der Waals surface area contributed by atoms with Crippen molar-refractivity contribution in [1.29, 1.82) is 0 Å². The van der Waals surface area contributed by atoms with Gasteiger partial charge in [0, 0.05) is 35.9 Å². The van der Waals surface area contributed by atoms with Gasteiger partial charge in [-0.05, 0) is 135 Å². The molecule has 0 fully saturated rings. The van der Waals surface area contributed by atoms with E-state index >= 15 is 0 Å². The van der Waals surface area contributed by atoms with Crippen LogP contribution in [0.25, 0.3) is 27.8 Å². The summed E-state index contributed by atoms with van der Waals surface area (Å²) in [6.07, 6.45) is 29.4. The molecule has 0 amide bonds. The van der Waals surface area contributed by atoms with Gasteiger partial charge in [-0.3, -0.25) is 0 Å². The van der Waals surface area contributed by atoms with E-state index < -0.39 is 0 Å². The second kappa shape index (κ2) is 22.6. The molecular formula is C67H60N2. The third kappa shape index (κ3) is 11.3. The van der Waals surface area contributed by atoms with Crippen LogP contribution in [0.2, 0.25) is 0 Å². The monoisotopic (exact) mass is 892 g/mol. The number of allylic oxidation sites excluding steroid dienone is 10. The summed E-state index contributed by atoms with van der Waals surface area (Å²) in [4.78, 5) is 4.62. The molecule has 1 atom stereocenters. The number of hydrogen-bond acceptors (Lipinski definition) is 2. The quantitative estimate of drug-likeness (QED) is 0.0891. The molecule has 0 saturated carbocycles. The molecule has 0 aromatic heterocycles. The fraction of sp³-hybridized carbons (Fsp3) is 0.119. The highest BCUT2D eigenvalue weighted by molar-refractivity contribution is 6.05. The molecule has 1 unspecified atom stereocenters. The Morgan fingerprint density at radius 1 is 0.464 bits per heavy atom. The molecule has 2 heteroatoms. The van der Waals surface area contributed by atoms with Crippen LogP contribution >= 0.6 is 0 Å². The summed E-state index contributed by atoms with van der Waals surface area (Å²) < 4.78 is 0. The first-order valence-corrected chi connectivity index (χ1v) is 24.3. The van der Waals surface area contributed by atoms with Gasteiger partial charge in [0.25, 0.3) is 0 Å². The predicted molar refractivity (Wildman–Crippen MR) is 297 cm³/mol. The first-order chi connectivity index (χ1) is 34.0. The average Bonchev–Trinajstić information content (AvgIpc) is 3.68. The van der Waals surface area contributed by atoms with Gasteiger partial charge in [-0.15, -0.1) is 5.73 Å². The van der Waals surface area contributed by atoms with Gasteiger partial charge in [0.1, 0.15) is 0 Å². The molecule has 0 aliphatic heterocycles. The minimum Gasteiger partial charge on any atom is -0.345 e. The van der Waals surface area contributed by atoms with E-state index in [1.165, 1.54) is 63.1 Å². The first kappa shape index (κ1) is 46.0. The molecule has 3 aliphatic carbocycles. The standard InChI is InChI=1S/C61H52N2.C6H8/c1-45(2)46-27-33-52(34-28-46)61(54-35-29-48(30-36-54)47-19-16-26-59(44-41-47)63(57-22-12-6-13-23-57)58-24-14-7-15-25-58)60(51-17-8-4-9-18-51)53-37-31-49(32-38-53)50-39-42-56(43-40-50)62(3)55-20-10-5-11-21-55;1-2-4-6-5-3-1/h4-15,17-24,26-45,58H,25H2,1-3H3;1-4H,5-6H2/b61-60-;. The second-order valence-corrected chi connectivity index (χ2v) is 17.9. The second-order valence-electron chi connectivity index (χ2n) is 17.9. The lowest BCUT2D eigenvalue weighted by Gasteiger charge is -2.33. The van der Waals surface area contributed by atoms with Crippen molar-refractivity contribution in [3.63, 3.8) is 0 Å². The highest BCUT2D eigenvalue weighted by Gasteiger charge is 2.21. The van der Waals surface area contributed by atoms with Crippen molar-refractivity contribution in [2.75, 3.05) is 16.8 Å². The van der Waals surface area contributed by atoms with E-state index in [9.17, 15) is 0 Å².